The minimum absolute atomic E-state index is 0.0194. The number of hydrogen-bond acceptors (Lipinski definition) is 4. The van der Waals surface area contributed by atoms with Crippen LogP contribution in [0.3, 0.4) is 0 Å². The molecule has 2 unspecified atom stereocenters. The number of nitrogens with zero attached hydrogens (tertiary/aromatic N) is 3. The lowest BCUT2D eigenvalue weighted by Gasteiger charge is -2.38. The lowest BCUT2D eigenvalue weighted by Crippen LogP contribution is -2.67. The van der Waals surface area contributed by atoms with Gasteiger partial charge in [-0.3, -0.25) is 5.73 Å². The van der Waals surface area contributed by atoms with Gasteiger partial charge in [0.15, 0.2) is 17.6 Å². The first-order valence-electron chi connectivity index (χ1n) is 10.8. The van der Waals surface area contributed by atoms with Gasteiger partial charge in [0.05, 0.1) is 6.04 Å². The number of rotatable bonds is 6. The van der Waals surface area contributed by atoms with E-state index in [0.717, 1.165) is 18.9 Å². The summed E-state index contributed by atoms with van der Waals surface area (Å²) in [6.07, 6.45) is 2.37. The molecule has 4 N–H and O–H groups in total. The highest BCUT2D eigenvalue weighted by Crippen LogP contribution is 2.46. The molecule has 9 heteroatoms. The van der Waals surface area contributed by atoms with Crippen LogP contribution in [0.2, 0.25) is 0 Å². The summed E-state index contributed by atoms with van der Waals surface area (Å²) in [7, 11) is 0. The molecule has 162 valence electrons. The summed E-state index contributed by atoms with van der Waals surface area (Å²) >= 11 is 0. The van der Waals surface area contributed by atoms with Crippen molar-refractivity contribution in [1.29, 1.82) is 0 Å². The van der Waals surface area contributed by atoms with E-state index in [1.54, 1.807) is 0 Å². The Morgan fingerprint density at radius 3 is 2.30 bits per heavy atom. The number of amidine groups is 1. The van der Waals surface area contributed by atoms with Crippen LogP contribution in [0.1, 0.15) is 56.8 Å². The summed E-state index contributed by atoms with van der Waals surface area (Å²) in [6, 6.07) is 4.05. The molecule has 2 heterocycles. The molecule has 5 rings (SSSR count). The van der Waals surface area contributed by atoms with Gasteiger partial charge in [-0.1, -0.05) is 13.0 Å². The molecule has 0 spiro atoms. The monoisotopic (exact) mass is 420 g/mol. The van der Waals surface area contributed by atoms with E-state index in [0.29, 0.717) is 23.7 Å². The van der Waals surface area contributed by atoms with Crippen molar-refractivity contribution in [3.8, 4) is 0 Å². The van der Waals surface area contributed by atoms with Gasteiger partial charge in [-0.25, -0.2) is 15.0 Å². The molecule has 3 aliphatic carbocycles. The number of pyridine rings is 1. The Bertz CT molecular complexity index is 873. The van der Waals surface area contributed by atoms with Gasteiger partial charge >= 0.3 is 6.18 Å². The molecule has 1 aromatic heterocycles. The maximum atomic E-state index is 13.2. The van der Waals surface area contributed by atoms with Gasteiger partial charge in [0, 0.05) is 5.92 Å². The van der Waals surface area contributed by atoms with Crippen molar-refractivity contribution in [2.45, 2.75) is 63.5 Å². The van der Waals surface area contributed by atoms with Gasteiger partial charge in [0.25, 0.3) is 0 Å². The summed E-state index contributed by atoms with van der Waals surface area (Å²) in [5, 5.41) is 6.36. The standard InChI is InChI=1S/C21H27F3N6/c1-11(12-5-6-12)21(25)29-18(15-3-2-4-16(26-15)20(22,23)24)28-19(30-21)27-17(13-7-8-13)14-9-10-14/h2-4,11-14,17H,5-10,25H2,1H3,(H2,27,28,29,30). The predicted molar refractivity (Wildman–Crippen MR) is 108 cm³/mol. The fourth-order valence-electron chi connectivity index (χ4n) is 4.28. The summed E-state index contributed by atoms with van der Waals surface area (Å²) in [4.78, 5) is 13.4. The van der Waals surface area contributed by atoms with Crippen molar-refractivity contribution in [2.75, 3.05) is 0 Å². The quantitative estimate of drug-likeness (QED) is 0.659. The number of guanidine groups is 1. The minimum Gasteiger partial charge on any atom is -0.319 e. The van der Waals surface area contributed by atoms with Gasteiger partial charge in [-0.05, 0) is 68.4 Å². The average molecular weight is 420 g/mol. The number of aromatic nitrogens is 1. The van der Waals surface area contributed by atoms with Crippen LogP contribution in [0.25, 0.3) is 0 Å². The summed E-state index contributed by atoms with van der Waals surface area (Å²) in [5.74, 6) is 1.26. The smallest absolute Gasteiger partial charge is 0.319 e. The molecule has 0 saturated heterocycles. The molecule has 0 radical (unpaired) electrons. The Hall–Kier alpha value is -2.16. The molecule has 1 aromatic rings. The summed E-state index contributed by atoms with van der Waals surface area (Å²) in [6.45, 7) is 2.04. The topological polar surface area (TPSA) is 87.7 Å². The lowest BCUT2D eigenvalue weighted by molar-refractivity contribution is -0.141. The first kappa shape index (κ1) is 19.8. The van der Waals surface area contributed by atoms with Crippen molar-refractivity contribution in [1.82, 2.24) is 15.6 Å². The van der Waals surface area contributed by atoms with E-state index >= 15 is 0 Å². The molecule has 6 nitrogen and oxygen atoms in total. The van der Waals surface area contributed by atoms with Crippen LogP contribution in [0, 0.1) is 23.7 Å². The molecule has 30 heavy (non-hydrogen) atoms. The fourth-order valence-corrected chi connectivity index (χ4v) is 4.28. The van der Waals surface area contributed by atoms with E-state index in [1.165, 1.54) is 37.8 Å². The molecular weight excluding hydrogens is 393 g/mol. The molecule has 3 fully saturated rings. The second-order valence-electron chi connectivity index (χ2n) is 9.21. The fraction of sp³-hybridized carbons (Fsp3) is 0.667. The molecule has 0 bridgehead atoms. The van der Waals surface area contributed by atoms with Crippen molar-refractivity contribution >= 4 is 11.8 Å². The molecule has 2 atom stereocenters. The zero-order valence-corrected chi connectivity index (χ0v) is 16.9. The third kappa shape index (κ3) is 4.04. The van der Waals surface area contributed by atoms with Gasteiger partial charge in [0.2, 0.25) is 0 Å². The minimum atomic E-state index is -4.52. The normalized spacial score (nSPS) is 29.4. The molecule has 0 amide bonds. The third-order valence-corrected chi connectivity index (χ3v) is 6.65. The van der Waals surface area contributed by atoms with Gasteiger partial charge in [0.1, 0.15) is 11.4 Å². The molecule has 1 aliphatic heterocycles. The Labute approximate surface area is 173 Å². The van der Waals surface area contributed by atoms with Crippen LogP contribution in [0.15, 0.2) is 28.2 Å². The molecular formula is C21H27F3N6. The van der Waals surface area contributed by atoms with Crippen LogP contribution >= 0.6 is 0 Å². The zero-order chi connectivity index (χ0) is 21.1. The van der Waals surface area contributed by atoms with E-state index in [2.05, 4.69) is 20.6 Å². The predicted octanol–water partition coefficient (Wildman–Crippen LogP) is 3.24. The molecule has 3 saturated carbocycles. The first-order chi connectivity index (χ1) is 14.2. The number of aliphatic imine (C=N–C) groups is 2. The Morgan fingerprint density at radius 2 is 1.73 bits per heavy atom. The van der Waals surface area contributed by atoms with Crippen LogP contribution in [0.5, 0.6) is 0 Å². The van der Waals surface area contributed by atoms with Gasteiger partial charge < -0.3 is 10.6 Å². The lowest BCUT2D eigenvalue weighted by atomic mass is 9.97. The number of alkyl halides is 3. The highest BCUT2D eigenvalue weighted by molar-refractivity contribution is 6.09. The van der Waals surface area contributed by atoms with Crippen LogP contribution < -0.4 is 16.4 Å². The first-order valence-corrected chi connectivity index (χ1v) is 10.8. The Morgan fingerprint density at radius 1 is 1.10 bits per heavy atom. The van der Waals surface area contributed by atoms with Crippen LogP contribution in [-0.2, 0) is 6.18 Å². The number of nitrogens with one attached hydrogen (secondary N) is 2. The molecule has 4 aliphatic rings. The average Bonchev–Trinajstić information content (AvgIpc) is 3.57. The van der Waals surface area contributed by atoms with E-state index in [-0.39, 0.29) is 23.5 Å². The second-order valence-corrected chi connectivity index (χ2v) is 9.21. The van der Waals surface area contributed by atoms with Gasteiger partial charge in [-0.2, -0.15) is 13.2 Å². The van der Waals surface area contributed by atoms with Crippen LogP contribution in [-0.4, -0.2) is 28.6 Å². The number of nitrogens with two attached hydrogens (primary N) is 1. The SMILES string of the molecule is CC(C1CC1)C1(N)N=C(c2cccc(C(F)(F)F)n2)NC(=NC(C2CC2)C2CC2)N1. The van der Waals surface area contributed by atoms with Crippen molar-refractivity contribution in [2.24, 2.45) is 39.4 Å². The van der Waals surface area contributed by atoms with E-state index in [9.17, 15) is 13.2 Å². The van der Waals surface area contributed by atoms with Crippen molar-refractivity contribution in [3.63, 3.8) is 0 Å². The van der Waals surface area contributed by atoms with Gasteiger partial charge in [-0.15, -0.1) is 0 Å². The Balaban J connectivity index is 1.50. The van der Waals surface area contributed by atoms with E-state index in [4.69, 9.17) is 10.7 Å². The van der Waals surface area contributed by atoms with E-state index < -0.39 is 17.7 Å². The van der Waals surface area contributed by atoms with Crippen molar-refractivity contribution < 1.29 is 13.2 Å². The number of hydrogen-bond donors (Lipinski definition) is 3. The number of halogens is 3. The van der Waals surface area contributed by atoms with Crippen molar-refractivity contribution in [3.05, 3.63) is 29.6 Å². The second kappa shape index (κ2) is 6.93. The third-order valence-electron chi connectivity index (χ3n) is 6.65. The van der Waals surface area contributed by atoms with Crippen LogP contribution in [0.4, 0.5) is 13.2 Å². The maximum Gasteiger partial charge on any atom is 0.433 e. The largest absolute Gasteiger partial charge is 0.433 e. The summed E-state index contributed by atoms with van der Waals surface area (Å²) < 4.78 is 39.6. The maximum absolute atomic E-state index is 13.2. The zero-order valence-electron chi connectivity index (χ0n) is 16.9. The highest BCUT2D eigenvalue weighted by Gasteiger charge is 2.46. The Kier molecular flexibility index (Phi) is 4.57. The summed E-state index contributed by atoms with van der Waals surface area (Å²) in [5.41, 5.74) is 5.84. The molecule has 0 aromatic carbocycles. The van der Waals surface area contributed by atoms with E-state index in [1.807, 2.05) is 6.92 Å². The highest BCUT2D eigenvalue weighted by atomic mass is 19.4.